The van der Waals surface area contributed by atoms with Crippen LogP contribution in [-0.4, -0.2) is 0 Å². The summed E-state index contributed by atoms with van der Waals surface area (Å²) in [7, 11) is 0. The summed E-state index contributed by atoms with van der Waals surface area (Å²) in [6.07, 6.45) is 5.41. The second kappa shape index (κ2) is 5.76. The normalized spacial score (nSPS) is 23.4. The maximum Gasteiger partial charge on any atom is 0 e. The predicted octanol–water partition coefficient (Wildman–Crippen LogP) is 4.56. The first-order valence-electron chi connectivity index (χ1n) is 5.69. The van der Waals surface area contributed by atoms with Gasteiger partial charge in [0.25, 0.3) is 0 Å². The molecule has 1 atom stereocenters. The van der Waals surface area contributed by atoms with Crippen LogP contribution in [0.5, 0.6) is 0 Å². The molecular formula is C13H24U. The van der Waals surface area contributed by atoms with E-state index in [1.54, 1.807) is 11.1 Å². The van der Waals surface area contributed by atoms with E-state index in [2.05, 4.69) is 34.6 Å². The first-order valence-corrected chi connectivity index (χ1v) is 5.69. The minimum absolute atomic E-state index is 0. The molecule has 80 valence electrons. The first kappa shape index (κ1) is 14.8. The van der Waals surface area contributed by atoms with E-state index >= 15 is 0 Å². The summed E-state index contributed by atoms with van der Waals surface area (Å²) >= 11 is 0. The molecule has 0 aromatic carbocycles. The molecule has 1 heteroatoms. The molecule has 0 aliphatic heterocycles. The fraction of sp³-hybridized carbons (Fsp3) is 0.846. The number of allylic oxidation sites excluding steroid dienone is 2. The van der Waals surface area contributed by atoms with Gasteiger partial charge in [0.15, 0.2) is 0 Å². The van der Waals surface area contributed by atoms with Crippen molar-refractivity contribution >= 4 is 0 Å². The van der Waals surface area contributed by atoms with Crippen LogP contribution in [0, 0.1) is 42.4 Å². The van der Waals surface area contributed by atoms with Crippen LogP contribution >= 0.6 is 0 Å². The molecule has 1 aliphatic carbocycles. The van der Waals surface area contributed by atoms with Crippen molar-refractivity contribution in [2.24, 2.45) is 11.3 Å². The van der Waals surface area contributed by atoms with Crippen molar-refractivity contribution in [2.45, 2.75) is 60.3 Å². The van der Waals surface area contributed by atoms with Gasteiger partial charge in [0, 0.05) is 31.1 Å². The van der Waals surface area contributed by atoms with Crippen molar-refractivity contribution in [3.63, 3.8) is 0 Å². The molecule has 0 spiro atoms. The van der Waals surface area contributed by atoms with Gasteiger partial charge in [0.2, 0.25) is 0 Å². The first-order chi connectivity index (χ1) is 5.96. The maximum atomic E-state index is 2.39. The summed E-state index contributed by atoms with van der Waals surface area (Å²) in [5, 5.41) is 0. The summed E-state index contributed by atoms with van der Waals surface area (Å²) < 4.78 is 0. The molecule has 0 saturated carbocycles. The standard InChI is InChI=1S/C13H24.U/c1-6-11-10(2)8-7-9-12(11)13(3,4)5;/h10H,6-9H2,1-5H3;/t10-;/m0./s1. The van der Waals surface area contributed by atoms with E-state index in [1.165, 1.54) is 25.7 Å². The second-order valence-electron chi connectivity index (χ2n) is 5.40. The van der Waals surface area contributed by atoms with E-state index in [1.807, 2.05) is 0 Å². The van der Waals surface area contributed by atoms with Crippen LogP contribution in [0.15, 0.2) is 11.1 Å². The van der Waals surface area contributed by atoms with E-state index in [4.69, 9.17) is 0 Å². The average molecular weight is 418 g/mol. The van der Waals surface area contributed by atoms with E-state index in [0.717, 1.165) is 5.92 Å². The number of rotatable bonds is 1. The third kappa shape index (κ3) is 3.42. The Morgan fingerprint density at radius 3 is 2.21 bits per heavy atom. The van der Waals surface area contributed by atoms with Gasteiger partial charge in [-0.1, -0.05) is 45.8 Å². The van der Waals surface area contributed by atoms with Gasteiger partial charge in [0.05, 0.1) is 0 Å². The van der Waals surface area contributed by atoms with Gasteiger partial charge in [-0.3, -0.25) is 0 Å². The third-order valence-corrected chi connectivity index (χ3v) is 3.33. The zero-order chi connectivity index (χ0) is 10.1. The molecule has 0 saturated heterocycles. The molecule has 14 heavy (non-hydrogen) atoms. The molecule has 0 fully saturated rings. The molecular weight excluding hydrogens is 394 g/mol. The van der Waals surface area contributed by atoms with Crippen molar-refractivity contribution in [2.75, 3.05) is 0 Å². The molecule has 0 unspecified atom stereocenters. The fourth-order valence-corrected chi connectivity index (χ4v) is 2.64. The second-order valence-corrected chi connectivity index (χ2v) is 5.40. The molecule has 0 aromatic heterocycles. The molecule has 0 nitrogen and oxygen atoms in total. The van der Waals surface area contributed by atoms with Crippen molar-refractivity contribution in [1.82, 2.24) is 0 Å². The van der Waals surface area contributed by atoms with Gasteiger partial charge in [-0.05, 0) is 37.0 Å². The van der Waals surface area contributed by atoms with Crippen molar-refractivity contribution in [3.05, 3.63) is 11.1 Å². The van der Waals surface area contributed by atoms with Crippen LogP contribution < -0.4 is 0 Å². The van der Waals surface area contributed by atoms with Crippen molar-refractivity contribution in [3.8, 4) is 0 Å². The Kier molecular flexibility index (Phi) is 6.09. The van der Waals surface area contributed by atoms with Crippen molar-refractivity contribution in [1.29, 1.82) is 0 Å². The van der Waals surface area contributed by atoms with Gasteiger partial charge in [-0.2, -0.15) is 0 Å². The van der Waals surface area contributed by atoms with Crippen LogP contribution in [0.2, 0.25) is 0 Å². The molecule has 0 radical (unpaired) electrons. The summed E-state index contributed by atoms with van der Waals surface area (Å²) in [5.41, 5.74) is 3.90. The monoisotopic (exact) mass is 418 g/mol. The van der Waals surface area contributed by atoms with Crippen LogP contribution in [0.3, 0.4) is 0 Å². The van der Waals surface area contributed by atoms with E-state index in [9.17, 15) is 0 Å². The van der Waals surface area contributed by atoms with E-state index in [0.29, 0.717) is 5.41 Å². The van der Waals surface area contributed by atoms with E-state index in [-0.39, 0.29) is 31.1 Å². The molecule has 0 bridgehead atoms. The molecule has 0 amide bonds. The Hall–Kier alpha value is 0.792. The quantitative estimate of drug-likeness (QED) is 0.548. The molecule has 1 aliphatic rings. The average Bonchev–Trinajstić information content (AvgIpc) is 2.02. The van der Waals surface area contributed by atoms with Crippen LogP contribution in [-0.2, 0) is 0 Å². The van der Waals surface area contributed by atoms with E-state index < -0.39 is 0 Å². The van der Waals surface area contributed by atoms with Crippen LogP contribution in [0.1, 0.15) is 60.3 Å². The summed E-state index contributed by atoms with van der Waals surface area (Å²) in [6, 6.07) is 0. The molecule has 1 rings (SSSR count). The zero-order valence-electron chi connectivity index (χ0n) is 10.4. The number of hydrogen-bond acceptors (Lipinski definition) is 0. The van der Waals surface area contributed by atoms with Gasteiger partial charge in [-0.15, -0.1) is 0 Å². The molecule has 0 aromatic rings. The smallest absolute Gasteiger partial charge is 0 e. The van der Waals surface area contributed by atoms with Gasteiger partial charge >= 0.3 is 0 Å². The Morgan fingerprint density at radius 1 is 1.29 bits per heavy atom. The summed E-state index contributed by atoms with van der Waals surface area (Å²) in [4.78, 5) is 0. The summed E-state index contributed by atoms with van der Waals surface area (Å²) in [5.74, 6) is 0.841. The Balaban J connectivity index is 0.00000169. The SMILES string of the molecule is CCC1=C(C(C)(C)C)CCC[C@@H]1C.[U]. The summed E-state index contributed by atoms with van der Waals surface area (Å²) in [6.45, 7) is 11.8. The predicted molar refractivity (Wildman–Crippen MR) is 59.8 cm³/mol. The van der Waals surface area contributed by atoms with Crippen LogP contribution in [0.25, 0.3) is 0 Å². The Labute approximate surface area is 113 Å². The molecule has 0 N–H and O–H groups in total. The van der Waals surface area contributed by atoms with Crippen molar-refractivity contribution < 1.29 is 31.1 Å². The Morgan fingerprint density at radius 2 is 1.86 bits per heavy atom. The Bertz CT molecular complexity index is 208. The number of hydrogen-bond donors (Lipinski definition) is 0. The largest absolute Gasteiger partial charge is 0.0679 e. The van der Waals surface area contributed by atoms with Gasteiger partial charge in [0.1, 0.15) is 0 Å². The van der Waals surface area contributed by atoms with Gasteiger partial charge in [-0.25, -0.2) is 0 Å². The minimum atomic E-state index is 0. The van der Waals surface area contributed by atoms with Crippen LogP contribution in [0.4, 0.5) is 0 Å². The maximum absolute atomic E-state index is 2.39. The minimum Gasteiger partial charge on any atom is -0.0679 e. The molecule has 0 heterocycles. The van der Waals surface area contributed by atoms with Gasteiger partial charge < -0.3 is 0 Å². The third-order valence-electron chi connectivity index (χ3n) is 3.33. The zero-order valence-corrected chi connectivity index (χ0v) is 14.6. The fourth-order valence-electron chi connectivity index (χ4n) is 2.64. The topological polar surface area (TPSA) is 0 Å².